The van der Waals surface area contributed by atoms with E-state index in [1.165, 1.54) is 17.4 Å². The number of para-hydroxylation sites is 1. The van der Waals surface area contributed by atoms with Crippen molar-refractivity contribution in [1.82, 2.24) is 4.31 Å². The van der Waals surface area contributed by atoms with Crippen molar-refractivity contribution < 1.29 is 13.5 Å². The van der Waals surface area contributed by atoms with E-state index in [-0.39, 0.29) is 17.0 Å². The molecule has 0 unspecified atom stereocenters. The molecule has 0 heterocycles. The molecular weight excluding hydrogens is 282 g/mol. The first-order chi connectivity index (χ1) is 6.97. The summed E-state index contributed by atoms with van der Waals surface area (Å²) in [4.78, 5) is 0. The quantitative estimate of drug-likeness (QED) is 0.856. The van der Waals surface area contributed by atoms with Crippen molar-refractivity contribution in [2.45, 2.75) is 6.54 Å². The van der Waals surface area contributed by atoms with Gasteiger partial charge in [0, 0.05) is 19.2 Å². The van der Waals surface area contributed by atoms with Gasteiger partial charge in [0.2, 0.25) is 10.0 Å². The Bertz CT molecular complexity index is 433. The van der Waals surface area contributed by atoms with E-state index in [4.69, 9.17) is 0 Å². The van der Waals surface area contributed by atoms with Gasteiger partial charge in [0.25, 0.3) is 0 Å². The van der Waals surface area contributed by atoms with Gasteiger partial charge in [0.1, 0.15) is 10.4 Å². The summed E-state index contributed by atoms with van der Waals surface area (Å²) in [5.74, 6) is 0.106. The summed E-state index contributed by atoms with van der Waals surface area (Å²) in [6.45, 7) is 0.167. The summed E-state index contributed by atoms with van der Waals surface area (Å²) in [6, 6.07) is 6.67. The fourth-order valence-corrected chi connectivity index (χ4v) is 2.62. The molecule has 0 radical (unpaired) electrons. The second kappa shape index (κ2) is 4.96. The Balaban J connectivity index is 2.84. The molecule has 15 heavy (non-hydrogen) atoms. The Kier molecular flexibility index (Phi) is 4.12. The van der Waals surface area contributed by atoms with Crippen molar-refractivity contribution in [3.05, 3.63) is 29.8 Å². The lowest BCUT2D eigenvalue weighted by molar-refractivity contribution is 0.437. The van der Waals surface area contributed by atoms with Gasteiger partial charge in [-0.3, -0.25) is 0 Å². The van der Waals surface area contributed by atoms with Crippen molar-refractivity contribution in [1.29, 1.82) is 0 Å². The van der Waals surface area contributed by atoms with E-state index in [2.05, 4.69) is 15.9 Å². The highest BCUT2D eigenvalue weighted by Crippen LogP contribution is 2.18. The molecule has 1 aromatic rings. The first kappa shape index (κ1) is 12.5. The average molecular weight is 294 g/mol. The third kappa shape index (κ3) is 3.19. The number of phenols is 1. The van der Waals surface area contributed by atoms with Crippen LogP contribution >= 0.6 is 15.9 Å². The summed E-state index contributed by atoms with van der Waals surface area (Å²) in [6.07, 6.45) is 0. The summed E-state index contributed by atoms with van der Waals surface area (Å²) in [5, 5.41) is 9.46. The first-order valence-electron chi connectivity index (χ1n) is 4.24. The second-order valence-corrected chi connectivity index (χ2v) is 6.48. The van der Waals surface area contributed by atoms with Crippen molar-refractivity contribution in [2.24, 2.45) is 0 Å². The van der Waals surface area contributed by atoms with E-state index in [1.807, 2.05) is 0 Å². The number of sulfonamides is 1. The van der Waals surface area contributed by atoms with Crippen LogP contribution in [0.2, 0.25) is 0 Å². The fraction of sp³-hybridized carbons (Fsp3) is 0.333. The lowest BCUT2D eigenvalue weighted by atomic mass is 10.2. The lowest BCUT2D eigenvalue weighted by Crippen LogP contribution is -2.27. The molecular formula is C9H12BrNO3S. The van der Waals surface area contributed by atoms with Gasteiger partial charge in [0.15, 0.2) is 0 Å². The van der Waals surface area contributed by atoms with Gasteiger partial charge >= 0.3 is 0 Å². The monoisotopic (exact) mass is 293 g/mol. The topological polar surface area (TPSA) is 57.6 Å². The maximum absolute atomic E-state index is 11.4. The molecule has 0 saturated carbocycles. The number of hydrogen-bond acceptors (Lipinski definition) is 3. The van der Waals surface area contributed by atoms with Crippen LogP contribution < -0.4 is 0 Å². The maximum atomic E-state index is 11.4. The van der Waals surface area contributed by atoms with Crippen LogP contribution in [0, 0.1) is 0 Å². The predicted octanol–water partition coefficient (Wildman–Crippen LogP) is 1.51. The van der Waals surface area contributed by atoms with E-state index in [9.17, 15) is 13.5 Å². The standard InChI is InChI=1S/C9H12BrNO3S/c1-11(15(13,14)7-10)6-8-4-2-3-5-9(8)12/h2-5,12H,6-7H2,1H3. The fourth-order valence-electron chi connectivity index (χ4n) is 1.07. The lowest BCUT2D eigenvalue weighted by Gasteiger charge is -2.15. The van der Waals surface area contributed by atoms with Crippen LogP contribution in [-0.2, 0) is 16.6 Å². The number of alkyl halides is 1. The Hall–Kier alpha value is -0.590. The first-order valence-corrected chi connectivity index (χ1v) is 6.97. The van der Waals surface area contributed by atoms with Gasteiger partial charge in [-0.2, -0.15) is 4.31 Å². The predicted molar refractivity (Wildman–Crippen MR) is 62.3 cm³/mol. The molecule has 0 aliphatic rings. The van der Waals surface area contributed by atoms with Crippen molar-refractivity contribution in [2.75, 3.05) is 11.7 Å². The molecule has 4 nitrogen and oxygen atoms in total. The van der Waals surface area contributed by atoms with Crippen LogP contribution in [0.4, 0.5) is 0 Å². The maximum Gasteiger partial charge on any atom is 0.224 e. The number of phenolic OH excluding ortho intramolecular Hbond substituents is 1. The van der Waals surface area contributed by atoms with Crippen LogP contribution in [0.3, 0.4) is 0 Å². The van der Waals surface area contributed by atoms with Gasteiger partial charge in [-0.25, -0.2) is 8.42 Å². The second-order valence-electron chi connectivity index (χ2n) is 3.11. The minimum absolute atomic E-state index is 0.106. The molecule has 1 N–H and O–H groups in total. The summed E-state index contributed by atoms with van der Waals surface area (Å²) in [5.41, 5.74) is 0.588. The van der Waals surface area contributed by atoms with Crippen LogP contribution in [0.15, 0.2) is 24.3 Å². The minimum Gasteiger partial charge on any atom is -0.508 e. The van der Waals surface area contributed by atoms with Gasteiger partial charge < -0.3 is 5.11 Å². The highest BCUT2D eigenvalue weighted by atomic mass is 79.9. The normalized spacial score (nSPS) is 11.9. The van der Waals surface area contributed by atoms with Crippen molar-refractivity contribution >= 4 is 26.0 Å². The number of nitrogens with zero attached hydrogens (tertiary/aromatic N) is 1. The molecule has 0 aliphatic heterocycles. The molecule has 6 heteroatoms. The zero-order valence-electron chi connectivity index (χ0n) is 8.22. The molecule has 1 rings (SSSR count). The molecule has 0 fully saturated rings. The molecule has 0 aromatic heterocycles. The van der Waals surface area contributed by atoms with E-state index in [0.717, 1.165) is 0 Å². The smallest absolute Gasteiger partial charge is 0.224 e. The van der Waals surface area contributed by atoms with E-state index in [1.54, 1.807) is 18.2 Å². The third-order valence-corrected chi connectivity index (χ3v) is 5.09. The zero-order valence-corrected chi connectivity index (χ0v) is 10.6. The highest BCUT2D eigenvalue weighted by Gasteiger charge is 2.17. The summed E-state index contributed by atoms with van der Waals surface area (Å²) < 4.78 is 23.9. The van der Waals surface area contributed by atoms with Gasteiger partial charge in [-0.15, -0.1) is 0 Å². The van der Waals surface area contributed by atoms with E-state index < -0.39 is 10.0 Å². The molecule has 0 atom stereocenters. The third-order valence-electron chi connectivity index (χ3n) is 2.00. The van der Waals surface area contributed by atoms with E-state index >= 15 is 0 Å². The molecule has 0 bridgehead atoms. The SMILES string of the molecule is CN(Cc1ccccc1O)S(=O)(=O)CBr. The molecule has 0 amide bonds. The summed E-state index contributed by atoms with van der Waals surface area (Å²) in [7, 11) is -1.80. The molecule has 84 valence electrons. The number of aromatic hydroxyl groups is 1. The molecule has 0 aliphatic carbocycles. The molecule has 0 spiro atoms. The number of halogens is 1. The Morgan fingerprint density at radius 2 is 2.00 bits per heavy atom. The average Bonchev–Trinajstić information content (AvgIpc) is 2.21. The van der Waals surface area contributed by atoms with Crippen LogP contribution in [-0.4, -0.2) is 29.5 Å². The van der Waals surface area contributed by atoms with Gasteiger partial charge in [-0.05, 0) is 6.07 Å². The Morgan fingerprint density at radius 1 is 1.40 bits per heavy atom. The van der Waals surface area contributed by atoms with E-state index in [0.29, 0.717) is 5.56 Å². The van der Waals surface area contributed by atoms with Crippen LogP contribution in [0.1, 0.15) is 5.56 Å². The van der Waals surface area contributed by atoms with Crippen molar-refractivity contribution in [3.63, 3.8) is 0 Å². The number of hydrogen-bond donors (Lipinski definition) is 1. The van der Waals surface area contributed by atoms with Crippen LogP contribution in [0.25, 0.3) is 0 Å². The van der Waals surface area contributed by atoms with Crippen LogP contribution in [0.5, 0.6) is 5.75 Å². The molecule has 0 saturated heterocycles. The van der Waals surface area contributed by atoms with Gasteiger partial charge in [-0.1, -0.05) is 34.1 Å². The van der Waals surface area contributed by atoms with Crippen molar-refractivity contribution in [3.8, 4) is 5.75 Å². The number of rotatable bonds is 4. The number of benzene rings is 1. The zero-order chi connectivity index (χ0) is 11.5. The highest BCUT2D eigenvalue weighted by molar-refractivity contribution is 9.10. The minimum atomic E-state index is -3.27. The summed E-state index contributed by atoms with van der Waals surface area (Å²) >= 11 is 2.91. The largest absolute Gasteiger partial charge is 0.508 e. The Labute approximate surface area is 97.7 Å². The Morgan fingerprint density at radius 3 is 2.53 bits per heavy atom. The molecule has 1 aromatic carbocycles. The van der Waals surface area contributed by atoms with Gasteiger partial charge in [0.05, 0.1) is 0 Å².